The topological polar surface area (TPSA) is 57.5 Å². The maximum absolute atomic E-state index is 11.2. The largest absolute Gasteiger partial charge is 0.481 e. The highest BCUT2D eigenvalue weighted by molar-refractivity contribution is 5.71. The molecule has 2 atom stereocenters. The maximum atomic E-state index is 11.2. The van der Waals surface area contributed by atoms with Gasteiger partial charge in [0.2, 0.25) is 0 Å². The summed E-state index contributed by atoms with van der Waals surface area (Å²) in [6, 6.07) is 0. The van der Waals surface area contributed by atoms with Crippen LogP contribution in [0.25, 0.3) is 0 Å². The van der Waals surface area contributed by atoms with Crippen molar-refractivity contribution < 1.29 is 15.0 Å². The van der Waals surface area contributed by atoms with E-state index in [1.54, 1.807) is 6.92 Å². The Labute approximate surface area is 91.5 Å². The lowest BCUT2D eigenvalue weighted by molar-refractivity contribution is -0.157. The third kappa shape index (κ3) is 2.33. The van der Waals surface area contributed by atoms with Crippen LogP contribution in [-0.4, -0.2) is 21.8 Å². The van der Waals surface area contributed by atoms with Gasteiger partial charge in [-0.05, 0) is 31.6 Å². The van der Waals surface area contributed by atoms with E-state index in [1.165, 1.54) is 0 Å². The van der Waals surface area contributed by atoms with Crippen molar-refractivity contribution in [2.75, 3.05) is 0 Å². The number of aliphatic carboxylic acids is 1. The summed E-state index contributed by atoms with van der Waals surface area (Å²) in [4.78, 5) is 11.2. The predicted molar refractivity (Wildman–Crippen MR) is 58.6 cm³/mol. The first-order valence-corrected chi connectivity index (χ1v) is 5.80. The Hall–Kier alpha value is -0.570. The van der Waals surface area contributed by atoms with Crippen LogP contribution in [0.2, 0.25) is 0 Å². The summed E-state index contributed by atoms with van der Waals surface area (Å²) < 4.78 is 0. The van der Waals surface area contributed by atoms with E-state index in [0.717, 1.165) is 25.7 Å². The van der Waals surface area contributed by atoms with Gasteiger partial charge in [0.1, 0.15) is 0 Å². The summed E-state index contributed by atoms with van der Waals surface area (Å²) in [5.74, 6) is -1.48. The van der Waals surface area contributed by atoms with Crippen LogP contribution in [0, 0.1) is 11.3 Å². The van der Waals surface area contributed by atoms with Crippen LogP contribution in [0.15, 0.2) is 0 Å². The second kappa shape index (κ2) is 4.12. The molecule has 2 N–H and O–H groups in total. The minimum atomic E-state index is -1.06. The molecule has 0 aromatic carbocycles. The highest BCUT2D eigenvalue weighted by atomic mass is 16.4. The lowest BCUT2D eigenvalue weighted by Crippen LogP contribution is -2.46. The lowest BCUT2D eigenvalue weighted by atomic mass is 9.74. The van der Waals surface area contributed by atoms with E-state index in [-0.39, 0.29) is 5.41 Å². The second-order valence-corrected chi connectivity index (χ2v) is 5.24. The molecule has 1 fully saturated rings. The molecule has 0 amide bonds. The van der Waals surface area contributed by atoms with E-state index in [2.05, 4.69) is 0 Å². The first-order chi connectivity index (χ1) is 6.85. The Balaban J connectivity index is 2.74. The molecule has 0 aliphatic heterocycles. The van der Waals surface area contributed by atoms with Crippen molar-refractivity contribution in [3.8, 4) is 0 Å². The molecule has 0 saturated heterocycles. The van der Waals surface area contributed by atoms with Gasteiger partial charge in [-0.25, -0.2) is 0 Å². The Morgan fingerprint density at radius 3 is 2.40 bits per heavy atom. The van der Waals surface area contributed by atoms with Crippen LogP contribution >= 0.6 is 0 Å². The molecule has 3 heteroatoms. The zero-order valence-electron chi connectivity index (χ0n) is 9.92. The molecule has 88 valence electrons. The monoisotopic (exact) mass is 214 g/mol. The van der Waals surface area contributed by atoms with Gasteiger partial charge in [0, 0.05) is 0 Å². The van der Waals surface area contributed by atoms with Crippen molar-refractivity contribution in [2.45, 2.75) is 58.5 Å². The van der Waals surface area contributed by atoms with Crippen molar-refractivity contribution in [1.82, 2.24) is 0 Å². The molecular weight excluding hydrogens is 192 g/mol. The van der Waals surface area contributed by atoms with Crippen molar-refractivity contribution in [2.24, 2.45) is 11.3 Å². The molecule has 0 aromatic rings. The van der Waals surface area contributed by atoms with E-state index in [9.17, 15) is 9.90 Å². The van der Waals surface area contributed by atoms with Crippen LogP contribution in [0.3, 0.4) is 0 Å². The number of hydrogen-bond donors (Lipinski definition) is 2. The Morgan fingerprint density at radius 2 is 2.07 bits per heavy atom. The predicted octanol–water partition coefficient (Wildman–Crippen LogP) is 2.43. The summed E-state index contributed by atoms with van der Waals surface area (Å²) in [6.07, 6.45) is 4.29. The zero-order valence-corrected chi connectivity index (χ0v) is 9.92. The molecule has 15 heavy (non-hydrogen) atoms. The molecule has 0 spiro atoms. The van der Waals surface area contributed by atoms with Crippen LogP contribution in [0.5, 0.6) is 0 Å². The van der Waals surface area contributed by atoms with Crippen LogP contribution in [0.4, 0.5) is 0 Å². The molecule has 1 saturated carbocycles. The third-order valence-corrected chi connectivity index (χ3v) is 4.04. The van der Waals surface area contributed by atoms with Crippen LogP contribution in [-0.2, 0) is 4.79 Å². The van der Waals surface area contributed by atoms with Crippen molar-refractivity contribution >= 4 is 5.97 Å². The number of carboxylic acid groups (broad SMARTS) is 1. The molecule has 1 aliphatic rings. The highest BCUT2D eigenvalue weighted by Gasteiger charge is 2.57. The SMILES string of the molecule is CCCCC(C(=O)O)C(C)(O)C1(C)CC1. The summed E-state index contributed by atoms with van der Waals surface area (Å²) in [5, 5.41) is 19.6. The summed E-state index contributed by atoms with van der Waals surface area (Å²) >= 11 is 0. The highest BCUT2D eigenvalue weighted by Crippen LogP contribution is 2.56. The lowest BCUT2D eigenvalue weighted by Gasteiger charge is -2.36. The Kier molecular flexibility index (Phi) is 3.44. The molecule has 0 aromatic heterocycles. The average Bonchev–Trinajstić information content (AvgIpc) is 2.85. The number of carbonyl (C=O) groups is 1. The number of carboxylic acids is 1. The molecule has 1 rings (SSSR count). The van der Waals surface area contributed by atoms with Crippen LogP contribution in [0.1, 0.15) is 52.9 Å². The zero-order chi connectivity index (χ0) is 11.7. The van der Waals surface area contributed by atoms with Gasteiger partial charge in [0.05, 0.1) is 11.5 Å². The van der Waals surface area contributed by atoms with Crippen molar-refractivity contribution in [3.05, 3.63) is 0 Å². The second-order valence-electron chi connectivity index (χ2n) is 5.24. The summed E-state index contributed by atoms with van der Waals surface area (Å²) in [7, 11) is 0. The summed E-state index contributed by atoms with van der Waals surface area (Å²) in [5.41, 5.74) is -1.24. The quantitative estimate of drug-likeness (QED) is 0.714. The van der Waals surface area contributed by atoms with E-state index in [1.807, 2.05) is 13.8 Å². The third-order valence-electron chi connectivity index (χ3n) is 4.04. The van der Waals surface area contributed by atoms with Gasteiger partial charge in [-0.15, -0.1) is 0 Å². The van der Waals surface area contributed by atoms with Crippen LogP contribution < -0.4 is 0 Å². The normalized spacial score (nSPS) is 24.3. The minimum absolute atomic E-state index is 0.177. The van der Waals surface area contributed by atoms with Gasteiger partial charge >= 0.3 is 5.97 Å². The van der Waals surface area contributed by atoms with Gasteiger partial charge < -0.3 is 10.2 Å². The molecule has 0 bridgehead atoms. The molecule has 2 unspecified atom stereocenters. The number of unbranched alkanes of at least 4 members (excludes halogenated alkanes) is 1. The summed E-state index contributed by atoms with van der Waals surface area (Å²) in [6.45, 7) is 5.70. The molecule has 0 radical (unpaired) electrons. The van der Waals surface area contributed by atoms with E-state index in [0.29, 0.717) is 6.42 Å². The Morgan fingerprint density at radius 1 is 1.53 bits per heavy atom. The van der Waals surface area contributed by atoms with E-state index >= 15 is 0 Å². The fourth-order valence-electron chi connectivity index (χ4n) is 2.17. The average molecular weight is 214 g/mol. The Bertz CT molecular complexity index is 241. The molecular formula is C12H22O3. The number of aliphatic hydroxyl groups is 1. The first kappa shape index (κ1) is 12.5. The van der Waals surface area contributed by atoms with Gasteiger partial charge in [-0.1, -0.05) is 26.7 Å². The fourth-order valence-corrected chi connectivity index (χ4v) is 2.17. The van der Waals surface area contributed by atoms with Crippen molar-refractivity contribution in [3.63, 3.8) is 0 Å². The van der Waals surface area contributed by atoms with E-state index < -0.39 is 17.5 Å². The van der Waals surface area contributed by atoms with Gasteiger partial charge in [-0.2, -0.15) is 0 Å². The smallest absolute Gasteiger partial charge is 0.309 e. The minimum Gasteiger partial charge on any atom is -0.481 e. The molecule has 3 nitrogen and oxygen atoms in total. The standard InChI is InChI=1S/C12H22O3/c1-4-5-6-9(10(13)14)12(3,15)11(2)7-8-11/h9,15H,4-8H2,1-3H3,(H,13,14). The van der Waals surface area contributed by atoms with Gasteiger partial charge in [0.25, 0.3) is 0 Å². The molecule has 0 heterocycles. The molecule has 1 aliphatic carbocycles. The first-order valence-electron chi connectivity index (χ1n) is 5.80. The maximum Gasteiger partial charge on any atom is 0.309 e. The van der Waals surface area contributed by atoms with E-state index in [4.69, 9.17) is 5.11 Å². The fraction of sp³-hybridized carbons (Fsp3) is 0.917. The van der Waals surface area contributed by atoms with Gasteiger partial charge in [0.15, 0.2) is 0 Å². The number of rotatable bonds is 6. The van der Waals surface area contributed by atoms with Crippen molar-refractivity contribution in [1.29, 1.82) is 0 Å². The number of hydrogen-bond acceptors (Lipinski definition) is 2. The van der Waals surface area contributed by atoms with Gasteiger partial charge in [-0.3, -0.25) is 4.79 Å².